The van der Waals surface area contributed by atoms with Gasteiger partial charge in [-0.2, -0.15) is 0 Å². The Morgan fingerprint density at radius 3 is 2.47 bits per heavy atom. The third-order valence-corrected chi connectivity index (χ3v) is 7.33. The Kier molecular flexibility index (Phi) is 14.0. The number of aliphatic hydroxyl groups is 3. The molecule has 186 valence electrons. The summed E-state index contributed by atoms with van der Waals surface area (Å²) in [6, 6.07) is 0. The molecule has 8 heteroatoms. The van der Waals surface area contributed by atoms with Crippen molar-refractivity contribution in [3.05, 3.63) is 24.3 Å². The molecular formula is C24H43NO6S. The summed E-state index contributed by atoms with van der Waals surface area (Å²) in [6.07, 6.45) is 13.1. The van der Waals surface area contributed by atoms with Crippen molar-refractivity contribution in [1.82, 2.24) is 4.72 Å². The fraction of sp³-hybridized carbons (Fsp3) is 0.792. The van der Waals surface area contributed by atoms with Crippen molar-refractivity contribution >= 4 is 15.9 Å². The molecule has 1 aliphatic carbocycles. The van der Waals surface area contributed by atoms with Crippen LogP contribution in [0.5, 0.6) is 0 Å². The largest absolute Gasteiger partial charge is 0.393 e. The highest BCUT2D eigenvalue weighted by molar-refractivity contribution is 7.90. The molecule has 0 saturated heterocycles. The molecule has 0 aromatic carbocycles. The SMILES string of the molecule is CCCCC[C@H](O)C=C[C@@H]1[C@@H](CC=CCCCC(=O)NS(=O)(=O)CCCC)[C@@H](O)C[C@H]1O. The number of carbonyl (C=O) groups excluding carboxylic acids is 1. The van der Waals surface area contributed by atoms with Gasteiger partial charge >= 0.3 is 0 Å². The first kappa shape index (κ1) is 28.8. The molecule has 0 bridgehead atoms. The Balaban J connectivity index is 2.40. The summed E-state index contributed by atoms with van der Waals surface area (Å²) >= 11 is 0. The fourth-order valence-electron chi connectivity index (χ4n) is 4.02. The lowest BCUT2D eigenvalue weighted by molar-refractivity contribution is -0.119. The summed E-state index contributed by atoms with van der Waals surface area (Å²) < 4.78 is 25.5. The number of aliphatic hydroxyl groups excluding tert-OH is 3. The first-order valence-corrected chi connectivity index (χ1v) is 13.8. The van der Waals surface area contributed by atoms with Crippen molar-refractivity contribution in [2.75, 3.05) is 5.75 Å². The molecule has 1 fully saturated rings. The van der Waals surface area contributed by atoms with Crippen LogP contribution in [0.4, 0.5) is 0 Å². The second kappa shape index (κ2) is 15.6. The minimum Gasteiger partial charge on any atom is -0.393 e. The molecule has 0 spiro atoms. The quantitative estimate of drug-likeness (QED) is 0.202. The Morgan fingerprint density at radius 2 is 1.78 bits per heavy atom. The van der Waals surface area contributed by atoms with Crippen molar-refractivity contribution in [3.63, 3.8) is 0 Å². The number of hydrogen-bond donors (Lipinski definition) is 4. The number of amides is 1. The van der Waals surface area contributed by atoms with E-state index in [0.29, 0.717) is 38.5 Å². The molecule has 0 aromatic heterocycles. The Labute approximate surface area is 194 Å². The van der Waals surface area contributed by atoms with Gasteiger partial charge in [0.2, 0.25) is 15.9 Å². The highest BCUT2D eigenvalue weighted by Crippen LogP contribution is 2.36. The van der Waals surface area contributed by atoms with Gasteiger partial charge in [0, 0.05) is 18.8 Å². The number of rotatable bonds is 16. The second-order valence-corrected chi connectivity index (χ2v) is 10.7. The number of hydrogen-bond acceptors (Lipinski definition) is 6. The van der Waals surface area contributed by atoms with Gasteiger partial charge < -0.3 is 15.3 Å². The highest BCUT2D eigenvalue weighted by atomic mass is 32.2. The van der Waals surface area contributed by atoms with Crippen LogP contribution in [0.1, 0.15) is 84.5 Å². The van der Waals surface area contributed by atoms with Crippen LogP contribution in [0.2, 0.25) is 0 Å². The lowest BCUT2D eigenvalue weighted by atomic mass is 9.89. The third-order valence-electron chi connectivity index (χ3n) is 5.96. The average molecular weight is 474 g/mol. The van der Waals surface area contributed by atoms with Crippen LogP contribution >= 0.6 is 0 Å². The Hall–Kier alpha value is -1.22. The third kappa shape index (κ3) is 11.6. The topological polar surface area (TPSA) is 124 Å². The summed E-state index contributed by atoms with van der Waals surface area (Å²) in [5.74, 6) is -0.829. The number of unbranched alkanes of at least 4 members (excludes halogenated alkanes) is 4. The number of nitrogens with one attached hydrogen (secondary N) is 1. The standard InChI is InChI=1S/C24H43NO6S/c1-3-5-9-12-19(26)15-16-21-20(22(27)18-23(21)28)13-10-7-8-11-14-24(29)25-32(30,31)17-6-4-2/h7,10,15-16,19-23,26-28H,3-6,8-9,11-14,17-18H2,1-2H3,(H,25,29)/t19-,20+,21+,22-,23+/m0/s1. The predicted molar refractivity (Wildman–Crippen MR) is 127 cm³/mol. The van der Waals surface area contributed by atoms with Gasteiger partial charge in [-0.25, -0.2) is 8.42 Å². The van der Waals surface area contributed by atoms with E-state index in [1.54, 1.807) is 6.08 Å². The van der Waals surface area contributed by atoms with E-state index in [-0.39, 0.29) is 24.0 Å². The molecule has 0 radical (unpaired) electrons. The van der Waals surface area contributed by atoms with Crippen LogP contribution in [0, 0.1) is 11.8 Å². The first-order chi connectivity index (χ1) is 15.2. The van der Waals surface area contributed by atoms with Crippen LogP contribution in [0.25, 0.3) is 0 Å². The molecule has 0 aromatic rings. The van der Waals surface area contributed by atoms with Crippen molar-refractivity contribution in [3.8, 4) is 0 Å². The normalized spacial score (nSPS) is 25.0. The minimum atomic E-state index is -3.53. The molecule has 7 nitrogen and oxygen atoms in total. The molecule has 4 N–H and O–H groups in total. The molecular weight excluding hydrogens is 430 g/mol. The molecule has 0 aliphatic heterocycles. The summed E-state index contributed by atoms with van der Waals surface area (Å²) in [5.41, 5.74) is 0. The van der Waals surface area contributed by atoms with Gasteiger partial charge in [-0.05, 0) is 38.0 Å². The summed E-state index contributed by atoms with van der Waals surface area (Å²) in [6.45, 7) is 4.01. The summed E-state index contributed by atoms with van der Waals surface area (Å²) in [7, 11) is -3.53. The summed E-state index contributed by atoms with van der Waals surface area (Å²) in [4.78, 5) is 11.8. The Bertz CT molecular complexity index is 691. The van der Waals surface area contributed by atoms with Gasteiger partial charge in [0.05, 0.1) is 24.1 Å². The molecule has 5 atom stereocenters. The van der Waals surface area contributed by atoms with Gasteiger partial charge in [-0.1, -0.05) is 63.8 Å². The van der Waals surface area contributed by atoms with E-state index < -0.39 is 34.2 Å². The van der Waals surface area contributed by atoms with Crippen LogP contribution in [-0.2, 0) is 14.8 Å². The smallest absolute Gasteiger partial charge is 0.234 e. The van der Waals surface area contributed by atoms with E-state index in [4.69, 9.17) is 0 Å². The molecule has 1 rings (SSSR count). The first-order valence-electron chi connectivity index (χ1n) is 12.1. The molecule has 1 amide bonds. The average Bonchev–Trinajstić information content (AvgIpc) is 2.99. The molecule has 0 heterocycles. The van der Waals surface area contributed by atoms with Gasteiger partial charge in [-0.3, -0.25) is 9.52 Å². The van der Waals surface area contributed by atoms with Crippen LogP contribution in [0.15, 0.2) is 24.3 Å². The Morgan fingerprint density at radius 1 is 1.06 bits per heavy atom. The van der Waals surface area contributed by atoms with Crippen molar-refractivity contribution < 1.29 is 28.5 Å². The second-order valence-electron chi connectivity index (χ2n) is 8.86. The zero-order valence-electron chi connectivity index (χ0n) is 19.7. The zero-order valence-corrected chi connectivity index (χ0v) is 20.5. The molecule has 1 saturated carbocycles. The van der Waals surface area contributed by atoms with E-state index in [2.05, 4.69) is 11.6 Å². The maximum atomic E-state index is 11.8. The van der Waals surface area contributed by atoms with E-state index in [9.17, 15) is 28.5 Å². The van der Waals surface area contributed by atoms with E-state index >= 15 is 0 Å². The molecule has 0 unspecified atom stereocenters. The molecule has 1 aliphatic rings. The van der Waals surface area contributed by atoms with Crippen LogP contribution < -0.4 is 4.72 Å². The molecule has 32 heavy (non-hydrogen) atoms. The van der Waals surface area contributed by atoms with Crippen molar-refractivity contribution in [2.24, 2.45) is 11.8 Å². The monoisotopic (exact) mass is 473 g/mol. The fourth-order valence-corrected chi connectivity index (χ4v) is 5.24. The lowest BCUT2D eigenvalue weighted by Gasteiger charge is -2.19. The van der Waals surface area contributed by atoms with E-state index in [1.165, 1.54) is 0 Å². The minimum absolute atomic E-state index is 0.0317. The lowest BCUT2D eigenvalue weighted by Crippen LogP contribution is -2.32. The van der Waals surface area contributed by atoms with Gasteiger partial charge in [0.15, 0.2) is 0 Å². The number of carbonyl (C=O) groups is 1. The maximum Gasteiger partial charge on any atom is 0.234 e. The highest BCUT2D eigenvalue weighted by Gasteiger charge is 2.39. The van der Waals surface area contributed by atoms with Crippen LogP contribution in [-0.4, -0.2) is 53.7 Å². The predicted octanol–water partition coefficient (Wildman–Crippen LogP) is 3.20. The van der Waals surface area contributed by atoms with E-state index in [1.807, 2.05) is 25.2 Å². The van der Waals surface area contributed by atoms with E-state index in [0.717, 1.165) is 25.7 Å². The van der Waals surface area contributed by atoms with Crippen molar-refractivity contribution in [2.45, 2.75) is 103 Å². The van der Waals surface area contributed by atoms with Gasteiger partial charge in [-0.15, -0.1) is 0 Å². The number of sulfonamides is 1. The summed E-state index contributed by atoms with van der Waals surface area (Å²) in [5, 5.41) is 30.7. The van der Waals surface area contributed by atoms with Gasteiger partial charge in [0.25, 0.3) is 0 Å². The van der Waals surface area contributed by atoms with Gasteiger partial charge in [0.1, 0.15) is 0 Å². The van der Waals surface area contributed by atoms with Crippen molar-refractivity contribution in [1.29, 1.82) is 0 Å². The maximum absolute atomic E-state index is 11.8. The zero-order chi connectivity index (χ0) is 24.0. The van der Waals surface area contributed by atoms with Crippen LogP contribution in [0.3, 0.4) is 0 Å². The number of allylic oxidation sites excluding steroid dienone is 2.